The second-order valence-electron chi connectivity index (χ2n) is 5.61. The van der Waals surface area contributed by atoms with Crippen LogP contribution in [0.4, 0.5) is 5.69 Å². The summed E-state index contributed by atoms with van der Waals surface area (Å²) in [7, 11) is 2.08. The Morgan fingerprint density at radius 1 is 1.17 bits per heavy atom. The normalized spacial score (nSPS) is 10.8. The first kappa shape index (κ1) is 17.5. The second-order valence-corrected chi connectivity index (χ2v) is 5.61. The zero-order valence-corrected chi connectivity index (χ0v) is 14.1. The van der Waals surface area contributed by atoms with Crippen molar-refractivity contribution in [1.29, 1.82) is 0 Å². The maximum Gasteiger partial charge on any atom is 0.271 e. The van der Waals surface area contributed by atoms with Gasteiger partial charge in [-0.25, -0.2) is 5.43 Å². The largest absolute Gasteiger partial charge is 0.508 e. The van der Waals surface area contributed by atoms with Crippen LogP contribution in [0.1, 0.15) is 35.7 Å². The summed E-state index contributed by atoms with van der Waals surface area (Å²) >= 11 is 0. The van der Waals surface area contributed by atoms with Crippen LogP contribution in [-0.2, 0) is 0 Å². The van der Waals surface area contributed by atoms with Gasteiger partial charge in [-0.3, -0.25) is 4.79 Å². The fraction of sp³-hybridized carbons (Fsp3) is 0.263. The molecule has 0 saturated heterocycles. The number of benzene rings is 2. The molecule has 5 heteroatoms. The molecule has 0 fully saturated rings. The molecule has 1 amide bonds. The Bertz CT molecular complexity index is 679. The number of hydrogen-bond donors (Lipinski definition) is 2. The zero-order valence-electron chi connectivity index (χ0n) is 14.1. The van der Waals surface area contributed by atoms with Gasteiger partial charge in [0.05, 0.1) is 6.21 Å². The number of phenols is 1. The Hall–Kier alpha value is -2.82. The van der Waals surface area contributed by atoms with Crippen molar-refractivity contribution in [1.82, 2.24) is 5.43 Å². The molecule has 5 nitrogen and oxygen atoms in total. The minimum atomic E-state index is -0.317. The number of nitrogens with one attached hydrogen (secondary N) is 1. The first-order chi connectivity index (χ1) is 11.6. The molecule has 2 rings (SSSR count). The van der Waals surface area contributed by atoms with Crippen LogP contribution in [0.15, 0.2) is 53.6 Å². The van der Waals surface area contributed by atoms with Crippen molar-refractivity contribution in [2.24, 2.45) is 5.10 Å². The molecular weight excluding hydrogens is 302 g/mol. The number of hydrogen-bond acceptors (Lipinski definition) is 4. The van der Waals surface area contributed by atoms with Crippen molar-refractivity contribution in [2.45, 2.75) is 19.8 Å². The summed E-state index contributed by atoms with van der Waals surface area (Å²) in [5, 5.41) is 13.2. The van der Waals surface area contributed by atoms with Gasteiger partial charge in [0.15, 0.2) is 0 Å². The first-order valence-corrected chi connectivity index (χ1v) is 8.04. The Morgan fingerprint density at radius 3 is 2.46 bits per heavy atom. The highest BCUT2D eigenvalue weighted by Gasteiger charge is 2.03. The van der Waals surface area contributed by atoms with Gasteiger partial charge in [-0.15, -0.1) is 0 Å². The van der Waals surface area contributed by atoms with Crippen molar-refractivity contribution in [3.05, 3.63) is 59.7 Å². The number of phenolic OH excluding ortho intramolecular Hbond substituents is 1. The molecule has 126 valence electrons. The van der Waals surface area contributed by atoms with Crippen LogP contribution in [0, 0.1) is 0 Å². The molecule has 0 radical (unpaired) electrons. The van der Waals surface area contributed by atoms with Crippen LogP contribution in [0.25, 0.3) is 0 Å². The third-order valence-electron chi connectivity index (χ3n) is 3.69. The van der Waals surface area contributed by atoms with Gasteiger partial charge in [0.2, 0.25) is 0 Å². The summed E-state index contributed by atoms with van der Waals surface area (Å²) in [6.45, 7) is 3.21. The van der Waals surface area contributed by atoms with E-state index in [9.17, 15) is 9.90 Å². The summed E-state index contributed by atoms with van der Waals surface area (Å²) < 4.78 is 0. The van der Waals surface area contributed by atoms with Crippen molar-refractivity contribution >= 4 is 17.8 Å². The van der Waals surface area contributed by atoms with Gasteiger partial charge in [0, 0.05) is 24.8 Å². The third kappa shape index (κ3) is 5.12. The Labute approximate surface area is 142 Å². The van der Waals surface area contributed by atoms with E-state index >= 15 is 0 Å². The molecule has 0 spiro atoms. The number of hydrazone groups is 1. The molecule has 0 aliphatic carbocycles. The molecule has 2 N–H and O–H groups in total. The summed E-state index contributed by atoms with van der Waals surface area (Å²) in [5.41, 5.74) is 4.98. The van der Waals surface area contributed by atoms with Crippen LogP contribution < -0.4 is 10.3 Å². The summed E-state index contributed by atoms with van der Waals surface area (Å²) in [4.78, 5) is 14.1. The maximum absolute atomic E-state index is 11.9. The van der Waals surface area contributed by atoms with E-state index in [2.05, 4.69) is 29.4 Å². The van der Waals surface area contributed by atoms with E-state index in [0.29, 0.717) is 5.56 Å². The van der Waals surface area contributed by atoms with Gasteiger partial charge in [-0.05, 0) is 48.4 Å². The first-order valence-electron chi connectivity index (χ1n) is 8.04. The lowest BCUT2D eigenvalue weighted by atomic mass is 10.2. The predicted molar refractivity (Wildman–Crippen MR) is 97.8 cm³/mol. The summed E-state index contributed by atoms with van der Waals surface area (Å²) in [5.74, 6) is -0.193. The fourth-order valence-corrected chi connectivity index (χ4v) is 2.18. The van der Waals surface area contributed by atoms with Crippen molar-refractivity contribution in [2.75, 3.05) is 18.5 Å². The number of unbranched alkanes of at least 4 members (excludes halogenated alkanes) is 1. The Balaban J connectivity index is 1.90. The van der Waals surface area contributed by atoms with E-state index in [1.54, 1.807) is 18.3 Å². The Morgan fingerprint density at radius 2 is 1.83 bits per heavy atom. The Kier molecular flexibility index (Phi) is 6.37. The monoisotopic (exact) mass is 325 g/mol. The molecule has 2 aromatic rings. The van der Waals surface area contributed by atoms with Crippen molar-refractivity contribution in [3.63, 3.8) is 0 Å². The predicted octanol–water partition coefficient (Wildman–Crippen LogP) is 3.39. The van der Waals surface area contributed by atoms with Gasteiger partial charge in [-0.1, -0.05) is 25.5 Å². The van der Waals surface area contributed by atoms with Crippen LogP contribution in [0.5, 0.6) is 5.75 Å². The highest BCUT2D eigenvalue weighted by Crippen LogP contribution is 2.13. The van der Waals surface area contributed by atoms with Crippen LogP contribution in [0.3, 0.4) is 0 Å². The van der Waals surface area contributed by atoms with E-state index in [1.165, 1.54) is 25.0 Å². The van der Waals surface area contributed by atoms with E-state index in [4.69, 9.17) is 0 Å². The maximum atomic E-state index is 11.9. The summed E-state index contributed by atoms with van der Waals surface area (Å²) in [6, 6.07) is 14.0. The highest BCUT2D eigenvalue weighted by molar-refractivity contribution is 5.95. The number of carbonyl (C=O) groups excluding carboxylic acids is 1. The number of nitrogens with zero attached hydrogens (tertiary/aromatic N) is 2. The van der Waals surface area contributed by atoms with Gasteiger partial charge < -0.3 is 10.0 Å². The van der Waals surface area contributed by atoms with E-state index in [0.717, 1.165) is 17.8 Å². The SMILES string of the molecule is CCCCN(C)c1ccc(/C=N/NC(=O)c2ccc(O)cc2)cc1. The average Bonchev–Trinajstić information content (AvgIpc) is 2.60. The highest BCUT2D eigenvalue weighted by atomic mass is 16.3. The molecular formula is C19H23N3O2. The minimum Gasteiger partial charge on any atom is -0.508 e. The number of anilines is 1. The van der Waals surface area contributed by atoms with Crippen molar-refractivity contribution in [3.8, 4) is 5.75 Å². The standard InChI is InChI=1S/C19H23N3O2/c1-3-4-13-22(2)17-9-5-15(6-10-17)14-20-21-19(24)16-7-11-18(23)12-8-16/h5-12,14,23H,3-4,13H2,1-2H3,(H,21,24)/b20-14+. The molecule has 0 unspecified atom stereocenters. The lowest BCUT2D eigenvalue weighted by molar-refractivity contribution is 0.0955. The fourth-order valence-electron chi connectivity index (χ4n) is 2.18. The zero-order chi connectivity index (χ0) is 17.4. The molecule has 0 bridgehead atoms. The molecule has 0 saturated carbocycles. The van der Waals surface area contributed by atoms with Gasteiger partial charge in [-0.2, -0.15) is 5.10 Å². The molecule has 0 aromatic heterocycles. The average molecular weight is 325 g/mol. The van der Waals surface area contributed by atoms with E-state index in [1.807, 2.05) is 24.3 Å². The summed E-state index contributed by atoms with van der Waals surface area (Å²) in [6.07, 6.45) is 3.95. The quantitative estimate of drug-likeness (QED) is 0.606. The smallest absolute Gasteiger partial charge is 0.271 e. The topological polar surface area (TPSA) is 64.9 Å². The van der Waals surface area contributed by atoms with E-state index in [-0.39, 0.29) is 11.7 Å². The minimum absolute atomic E-state index is 0.124. The van der Waals surface area contributed by atoms with Crippen molar-refractivity contribution < 1.29 is 9.90 Å². The lowest BCUT2D eigenvalue weighted by Crippen LogP contribution is -2.18. The molecule has 24 heavy (non-hydrogen) atoms. The number of rotatable bonds is 7. The van der Waals surface area contributed by atoms with Gasteiger partial charge in [0.1, 0.15) is 5.75 Å². The van der Waals surface area contributed by atoms with Gasteiger partial charge in [0.25, 0.3) is 5.91 Å². The second kappa shape index (κ2) is 8.72. The van der Waals surface area contributed by atoms with Gasteiger partial charge >= 0.3 is 0 Å². The number of amides is 1. The number of aromatic hydroxyl groups is 1. The molecule has 0 heterocycles. The van der Waals surface area contributed by atoms with E-state index < -0.39 is 0 Å². The van der Waals surface area contributed by atoms with Crippen LogP contribution >= 0.6 is 0 Å². The third-order valence-corrected chi connectivity index (χ3v) is 3.69. The molecule has 0 atom stereocenters. The number of carbonyl (C=O) groups is 1. The van der Waals surface area contributed by atoms with Crippen LogP contribution in [-0.4, -0.2) is 30.8 Å². The van der Waals surface area contributed by atoms with Crippen LogP contribution in [0.2, 0.25) is 0 Å². The lowest BCUT2D eigenvalue weighted by Gasteiger charge is -2.18. The molecule has 0 aliphatic heterocycles. The molecule has 0 aliphatic rings. The molecule has 2 aromatic carbocycles.